The van der Waals surface area contributed by atoms with Gasteiger partial charge in [-0.2, -0.15) is 0 Å². The van der Waals surface area contributed by atoms with Crippen molar-refractivity contribution in [1.29, 1.82) is 0 Å². The Morgan fingerprint density at radius 2 is 1.84 bits per heavy atom. The van der Waals surface area contributed by atoms with Gasteiger partial charge in [-0.15, -0.1) is 0 Å². The van der Waals surface area contributed by atoms with Gasteiger partial charge in [0.2, 0.25) is 0 Å². The molecule has 0 saturated carbocycles. The fraction of sp³-hybridized carbons (Fsp3) is 0.846. The van der Waals surface area contributed by atoms with Crippen molar-refractivity contribution in [1.82, 2.24) is 10.6 Å². The Morgan fingerprint density at radius 3 is 2.42 bits per heavy atom. The van der Waals surface area contributed by atoms with E-state index < -0.39 is 18.0 Å². The van der Waals surface area contributed by atoms with Crippen molar-refractivity contribution in [3.05, 3.63) is 0 Å². The Kier molecular flexibility index (Phi) is 11.0. The van der Waals surface area contributed by atoms with Gasteiger partial charge < -0.3 is 20.5 Å². The molecule has 3 N–H and O–H groups in total. The van der Waals surface area contributed by atoms with Gasteiger partial charge in [-0.1, -0.05) is 33.1 Å². The highest BCUT2D eigenvalue weighted by molar-refractivity contribution is 5.82. The van der Waals surface area contributed by atoms with Crippen LogP contribution >= 0.6 is 0 Å². The van der Waals surface area contributed by atoms with Crippen LogP contribution in [0.5, 0.6) is 0 Å². The second-order valence-corrected chi connectivity index (χ2v) is 4.40. The van der Waals surface area contributed by atoms with Gasteiger partial charge in [0, 0.05) is 13.2 Å². The lowest BCUT2D eigenvalue weighted by Crippen LogP contribution is -2.46. The molecule has 1 atom stereocenters. The summed E-state index contributed by atoms with van der Waals surface area (Å²) in [5, 5.41) is 14.0. The minimum atomic E-state index is -0.997. The van der Waals surface area contributed by atoms with Gasteiger partial charge in [0.1, 0.15) is 6.04 Å². The van der Waals surface area contributed by atoms with Crippen LogP contribution in [0.2, 0.25) is 0 Å². The molecule has 0 bridgehead atoms. The fourth-order valence-electron chi connectivity index (χ4n) is 1.46. The SMILES string of the molecule is CCCCOCCNC(=O)NC(CCCC)C(=O)O. The van der Waals surface area contributed by atoms with Crippen molar-refractivity contribution < 1.29 is 19.4 Å². The summed E-state index contributed by atoms with van der Waals surface area (Å²) in [6, 6.07) is -1.27. The molecule has 0 saturated heterocycles. The largest absolute Gasteiger partial charge is 0.480 e. The van der Waals surface area contributed by atoms with Crippen LogP contribution in [0.15, 0.2) is 0 Å². The van der Waals surface area contributed by atoms with Crippen molar-refractivity contribution in [2.75, 3.05) is 19.8 Å². The van der Waals surface area contributed by atoms with Gasteiger partial charge in [0.25, 0.3) is 0 Å². The molecule has 0 rings (SSSR count). The number of aliphatic carboxylic acids is 1. The molecule has 0 aliphatic heterocycles. The Hall–Kier alpha value is -1.30. The lowest BCUT2D eigenvalue weighted by Gasteiger charge is -2.14. The van der Waals surface area contributed by atoms with E-state index in [-0.39, 0.29) is 0 Å². The first-order chi connectivity index (χ1) is 9.11. The summed E-state index contributed by atoms with van der Waals surface area (Å²) >= 11 is 0. The molecule has 0 fully saturated rings. The summed E-state index contributed by atoms with van der Waals surface area (Å²) in [7, 11) is 0. The highest BCUT2D eigenvalue weighted by atomic mass is 16.5. The van der Waals surface area contributed by atoms with Gasteiger partial charge in [-0.05, 0) is 12.8 Å². The predicted octanol–water partition coefficient (Wildman–Crippen LogP) is 1.75. The van der Waals surface area contributed by atoms with Crippen molar-refractivity contribution in [3.63, 3.8) is 0 Å². The van der Waals surface area contributed by atoms with E-state index in [1.807, 2.05) is 6.92 Å². The van der Waals surface area contributed by atoms with E-state index >= 15 is 0 Å². The lowest BCUT2D eigenvalue weighted by atomic mass is 10.1. The van der Waals surface area contributed by atoms with Crippen LogP contribution < -0.4 is 10.6 Å². The molecule has 0 aliphatic carbocycles. The molecule has 0 spiro atoms. The normalized spacial score (nSPS) is 11.9. The predicted molar refractivity (Wildman–Crippen MR) is 73.2 cm³/mol. The number of carbonyl (C=O) groups is 2. The summed E-state index contributed by atoms with van der Waals surface area (Å²) in [5.41, 5.74) is 0. The number of carboxylic acids is 1. The van der Waals surface area contributed by atoms with E-state index in [1.54, 1.807) is 0 Å². The summed E-state index contributed by atoms with van der Waals surface area (Å²) in [6.45, 7) is 5.58. The number of nitrogens with one attached hydrogen (secondary N) is 2. The molecule has 2 amide bonds. The number of hydrogen-bond donors (Lipinski definition) is 3. The highest BCUT2D eigenvalue weighted by Crippen LogP contribution is 2.00. The molecular weight excluding hydrogens is 248 g/mol. The number of rotatable bonds is 11. The molecule has 19 heavy (non-hydrogen) atoms. The fourth-order valence-corrected chi connectivity index (χ4v) is 1.46. The van der Waals surface area contributed by atoms with Crippen LogP contribution in [0.1, 0.15) is 46.0 Å². The van der Waals surface area contributed by atoms with Crippen LogP contribution in [-0.2, 0) is 9.53 Å². The Balaban J connectivity index is 3.71. The number of ether oxygens (including phenoxy) is 1. The molecule has 0 aliphatic rings. The van der Waals surface area contributed by atoms with Gasteiger partial charge in [-0.3, -0.25) is 0 Å². The monoisotopic (exact) mass is 274 g/mol. The molecule has 6 heteroatoms. The third kappa shape index (κ3) is 10.3. The topological polar surface area (TPSA) is 87.7 Å². The highest BCUT2D eigenvalue weighted by Gasteiger charge is 2.18. The molecule has 0 heterocycles. The number of carboxylic acid groups (broad SMARTS) is 1. The van der Waals surface area contributed by atoms with Crippen molar-refractivity contribution in [2.24, 2.45) is 0 Å². The molecule has 0 aromatic rings. The maximum Gasteiger partial charge on any atom is 0.326 e. The molecule has 1 unspecified atom stereocenters. The van der Waals surface area contributed by atoms with E-state index in [4.69, 9.17) is 9.84 Å². The first-order valence-corrected chi connectivity index (χ1v) is 6.96. The maximum absolute atomic E-state index is 11.5. The third-order valence-corrected chi connectivity index (χ3v) is 2.62. The Bertz CT molecular complexity index is 259. The maximum atomic E-state index is 11.5. The van der Waals surface area contributed by atoms with E-state index in [0.717, 1.165) is 25.7 Å². The van der Waals surface area contributed by atoms with Crippen molar-refractivity contribution in [2.45, 2.75) is 52.0 Å². The van der Waals surface area contributed by atoms with Crippen molar-refractivity contribution >= 4 is 12.0 Å². The Morgan fingerprint density at radius 1 is 1.16 bits per heavy atom. The second kappa shape index (κ2) is 11.8. The van der Waals surface area contributed by atoms with Crippen LogP contribution in [0.4, 0.5) is 4.79 Å². The van der Waals surface area contributed by atoms with Crippen molar-refractivity contribution in [3.8, 4) is 0 Å². The number of unbranched alkanes of at least 4 members (excludes halogenated alkanes) is 2. The second-order valence-electron chi connectivity index (χ2n) is 4.40. The average molecular weight is 274 g/mol. The average Bonchev–Trinajstić information content (AvgIpc) is 2.38. The summed E-state index contributed by atoms with van der Waals surface area (Å²) in [6.07, 6.45) is 4.21. The number of amides is 2. The lowest BCUT2D eigenvalue weighted by molar-refractivity contribution is -0.139. The number of hydrogen-bond acceptors (Lipinski definition) is 3. The van der Waals surface area contributed by atoms with E-state index in [0.29, 0.717) is 26.2 Å². The molecule has 0 aromatic heterocycles. The van der Waals surface area contributed by atoms with E-state index in [9.17, 15) is 9.59 Å². The van der Waals surface area contributed by atoms with Gasteiger partial charge in [0.05, 0.1) is 6.61 Å². The van der Waals surface area contributed by atoms with Crippen LogP contribution in [0.25, 0.3) is 0 Å². The standard InChI is InChI=1S/C13H26N2O4/c1-3-5-7-11(12(16)17)15-13(18)14-8-10-19-9-6-4-2/h11H,3-10H2,1-2H3,(H,16,17)(H2,14,15,18). The molecule has 0 radical (unpaired) electrons. The summed E-state index contributed by atoms with van der Waals surface area (Å²) in [4.78, 5) is 22.4. The third-order valence-electron chi connectivity index (χ3n) is 2.62. The number of carbonyl (C=O) groups excluding carboxylic acids is 1. The smallest absolute Gasteiger partial charge is 0.326 e. The van der Waals surface area contributed by atoms with Crippen LogP contribution in [0, 0.1) is 0 Å². The van der Waals surface area contributed by atoms with E-state index in [1.165, 1.54) is 0 Å². The summed E-state index contributed by atoms with van der Waals surface area (Å²) < 4.78 is 5.28. The first-order valence-electron chi connectivity index (χ1n) is 6.96. The van der Waals surface area contributed by atoms with Gasteiger partial charge >= 0.3 is 12.0 Å². The molecular formula is C13H26N2O4. The summed E-state index contributed by atoms with van der Waals surface area (Å²) in [5.74, 6) is -0.997. The minimum Gasteiger partial charge on any atom is -0.480 e. The molecule has 0 aromatic carbocycles. The number of urea groups is 1. The first kappa shape index (κ1) is 17.7. The quantitative estimate of drug-likeness (QED) is 0.501. The van der Waals surface area contributed by atoms with Crippen LogP contribution in [-0.4, -0.2) is 42.9 Å². The molecule has 6 nitrogen and oxygen atoms in total. The Labute approximate surface area is 114 Å². The molecule has 112 valence electrons. The zero-order chi connectivity index (χ0) is 14.5. The zero-order valence-corrected chi connectivity index (χ0v) is 11.9. The minimum absolute atomic E-state index is 0.385. The zero-order valence-electron chi connectivity index (χ0n) is 11.9. The van der Waals surface area contributed by atoms with Gasteiger partial charge in [0.15, 0.2) is 0 Å². The van der Waals surface area contributed by atoms with Crippen LogP contribution in [0.3, 0.4) is 0 Å². The van der Waals surface area contributed by atoms with Gasteiger partial charge in [-0.25, -0.2) is 9.59 Å². The van der Waals surface area contributed by atoms with E-state index in [2.05, 4.69) is 17.6 Å².